The number of hydrogen-bond donors (Lipinski definition) is 2. The number of nitriles is 1. The van der Waals surface area contributed by atoms with E-state index in [-0.39, 0.29) is 24.0 Å². The van der Waals surface area contributed by atoms with Crippen LogP contribution in [0.3, 0.4) is 0 Å². The molecule has 1 atom stereocenters. The highest BCUT2D eigenvalue weighted by Gasteiger charge is 2.36. The third kappa shape index (κ3) is 4.94. The van der Waals surface area contributed by atoms with Crippen LogP contribution in [0, 0.1) is 11.3 Å². The zero-order valence-electron chi connectivity index (χ0n) is 17.8. The van der Waals surface area contributed by atoms with Gasteiger partial charge in [0.15, 0.2) is 5.78 Å². The van der Waals surface area contributed by atoms with Gasteiger partial charge in [-0.15, -0.1) is 0 Å². The molecule has 0 fully saturated rings. The molecule has 1 aliphatic heterocycles. The average molecular weight is 460 g/mol. The van der Waals surface area contributed by atoms with Gasteiger partial charge >= 0.3 is 0 Å². The molecule has 166 valence electrons. The first kappa shape index (κ1) is 22.2. The molecule has 1 aromatic carbocycles. The summed E-state index contributed by atoms with van der Waals surface area (Å²) in [4.78, 5) is 25.7. The molecule has 0 bridgehead atoms. The van der Waals surface area contributed by atoms with Gasteiger partial charge in [0.25, 0.3) is 0 Å². The second kappa shape index (κ2) is 10.1. The van der Waals surface area contributed by atoms with Crippen LogP contribution >= 0.6 is 11.8 Å². The fraction of sp³-hybridized carbons (Fsp3) is 0.160. The molecular formula is C25H21N3O4S. The Labute approximate surface area is 195 Å². The average Bonchev–Trinajstić information content (AvgIpc) is 3.55. The summed E-state index contributed by atoms with van der Waals surface area (Å²) < 4.78 is 10.9. The van der Waals surface area contributed by atoms with E-state index in [1.807, 2.05) is 18.2 Å². The van der Waals surface area contributed by atoms with E-state index in [0.717, 1.165) is 0 Å². The maximum atomic E-state index is 13.1. The van der Waals surface area contributed by atoms with Crippen molar-refractivity contribution < 1.29 is 18.4 Å². The van der Waals surface area contributed by atoms with Gasteiger partial charge in [0.1, 0.15) is 11.5 Å². The van der Waals surface area contributed by atoms with E-state index in [9.17, 15) is 14.9 Å². The van der Waals surface area contributed by atoms with Crippen LogP contribution in [0.1, 0.15) is 34.7 Å². The number of hydrogen-bond acceptors (Lipinski definition) is 7. The summed E-state index contributed by atoms with van der Waals surface area (Å²) in [5, 5.41) is 16.6. The Morgan fingerprint density at radius 2 is 1.85 bits per heavy atom. The molecule has 1 amide bonds. The highest BCUT2D eigenvalue weighted by Crippen LogP contribution is 2.40. The molecule has 3 aromatic rings. The van der Waals surface area contributed by atoms with Crippen LogP contribution in [0.5, 0.6) is 0 Å². The van der Waals surface area contributed by atoms with Gasteiger partial charge in [-0.1, -0.05) is 42.1 Å². The van der Waals surface area contributed by atoms with Gasteiger partial charge in [0.2, 0.25) is 5.91 Å². The summed E-state index contributed by atoms with van der Waals surface area (Å²) >= 11 is 1.24. The largest absolute Gasteiger partial charge is 0.468 e. The van der Waals surface area contributed by atoms with E-state index in [2.05, 4.69) is 16.7 Å². The number of rotatable bonds is 8. The minimum atomic E-state index is -0.697. The third-order valence-electron chi connectivity index (χ3n) is 5.17. The second-order valence-corrected chi connectivity index (χ2v) is 8.29. The Kier molecular flexibility index (Phi) is 6.81. The first-order valence-corrected chi connectivity index (χ1v) is 11.2. The monoisotopic (exact) mass is 459 g/mol. The SMILES string of the molecule is CC1=C(C(=O)NCc2ccco2)C(c2ccco2)C(C#N)=C(SCC(=O)c2ccccc2)N1. The lowest BCUT2D eigenvalue weighted by atomic mass is 9.85. The molecular weight excluding hydrogens is 438 g/mol. The first-order valence-electron chi connectivity index (χ1n) is 10.3. The molecule has 33 heavy (non-hydrogen) atoms. The van der Waals surface area contributed by atoms with E-state index < -0.39 is 5.92 Å². The van der Waals surface area contributed by atoms with E-state index >= 15 is 0 Å². The lowest BCUT2D eigenvalue weighted by Crippen LogP contribution is -2.34. The van der Waals surface area contributed by atoms with Crippen molar-refractivity contribution in [2.75, 3.05) is 5.75 Å². The molecule has 8 heteroatoms. The summed E-state index contributed by atoms with van der Waals surface area (Å²) in [6.07, 6.45) is 3.04. The maximum Gasteiger partial charge on any atom is 0.250 e. The van der Waals surface area contributed by atoms with E-state index in [1.54, 1.807) is 43.3 Å². The molecule has 0 saturated carbocycles. The first-order chi connectivity index (χ1) is 16.1. The molecule has 0 saturated heterocycles. The van der Waals surface area contributed by atoms with Crippen molar-refractivity contribution in [1.82, 2.24) is 10.6 Å². The van der Waals surface area contributed by atoms with Gasteiger partial charge in [-0.25, -0.2) is 0 Å². The van der Waals surface area contributed by atoms with E-state index in [4.69, 9.17) is 8.83 Å². The number of allylic oxidation sites excluding steroid dienone is 2. The molecule has 3 heterocycles. The van der Waals surface area contributed by atoms with Crippen LogP contribution in [0.25, 0.3) is 0 Å². The van der Waals surface area contributed by atoms with Crippen molar-refractivity contribution in [2.24, 2.45) is 0 Å². The van der Waals surface area contributed by atoms with Crippen molar-refractivity contribution >= 4 is 23.5 Å². The second-order valence-electron chi connectivity index (χ2n) is 7.31. The van der Waals surface area contributed by atoms with E-state index in [0.29, 0.717) is 39.0 Å². The molecule has 2 aromatic heterocycles. The Balaban J connectivity index is 1.60. The number of nitrogens with one attached hydrogen (secondary N) is 2. The zero-order chi connectivity index (χ0) is 23.2. The number of amides is 1. The number of carbonyl (C=O) groups excluding carboxylic acids is 2. The van der Waals surface area contributed by atoms with Gasteiger partial charge in [0, 0.05) is 11.3 Å². The van der Waals surface area contributed by atoms with Gasteiger partial charge in [-0.2, -0.15) is 5.26 Å². The molecule has 1 aliphatic rings. The van der Waals surface area contributed by atoms with Crippen LogP contribution in [-0.4, -0.2) is 17.4 Å². The molecule has 7 nitrogen and oxygen atoms in total. The van der Waals surface area contributed by atoms with Gasteiger partial charge < -0.3 is 19.5 Å². The number of ketones is 1. The molecule has 0 spiro atoms. The number of benzene rings is 1. The summed E-state index contributed by atoms with van der Waals surface area (Å²) in [5.74, 6) is 0.155. The maximum absolute atomic E-state index is 13.1. The molecule has 2 N–H and O–H groups in total. The number of Topliss-reactive ketones (excluding diaryl/α,β-unsaturated/α-hetero) is 1. The normalized spacial score (nSPS) is 15.7. The molecule has 0 radical (unpaired) electrons. The standard InChI is InChI=1S/C25H21N3O4S/c1-16-22(24(30)27-14-18-9-5-11-31-18)23(21-10-6-12-32-21)19(13-26)25(28-16)33-15-20(29)17-7-3-2-4-8-17/h2-12,23,28H,14-15H2,1H3,(H,27,30). The van der Waals surface area contributed by atoms with Crippen LogP contribution in [0.15, 0.2) is 97.8 Å². The summed E-state index contributed by atoms with van der Waals surface area (Å²) in [7, 11) is 0. The Hall–Kier alpha value is -3.96. The predicted octanol–water partition coefficient (Wildman–Crippen LogP) is 4.50. The fourth-order valence-electron chi connectivity index (χ4n) is 3.59. The lowest BCUT2D eigenvalue weighted by Gasteiger charge is -2.28. The topological polar surface area (TPSA) is 108 Å². The summed E-state index contributed by atoms with van der Waals surface area (Å²) in [6, 6.07) is 18.2. The fourth-order valence-corrected chi connectivity index (χ4v) is 4.57. The highest BCUT2D eigenvalue weighted by molar-refractivity contribution is 8.03. The smallest absolute Gasteiger partial charge is 0.250 e. The van der Waals surface area contributed by atoms with Crippen molar-refractivity contribution in [1.29, 1.82) is 5.26 Å². The molecule has 0 aliphatic carbocycles. The van der Waals surface area contributed by atoms with Crippen molar-refractivity contribution in [2.45, 2.75) is 19.4 Å². The van der Waals surface area contributed by atoms with Crippen LogP contribution in [0.4, 0.5) is 0 Å². The number of thioether (sulfide) groups is 1. The summed E-state index contributed by atoms with van der Waals surface area (Å²) in [6.45, 7) is 1.98. The van der Waals surface area contributed by atoms with Gasteiger partial charge in [-0.3, -0.25) is 9.59 Å². The quantitative estimate of drug-likeness (QED) is 0.478. The van der Waals surface area contributed by atoms with Gasteiger partial charge in [0.05, 0.1) is 53.0 Å². The number of carbonyl (C=O) groups is 2. The minimum absolute atomic E-state index is 0.0506. The van der Waals surface area contributed by atoms with E-state index in [1.165, 1.54) is 24.3 Å². The lowest BCUT2D eigenvalue weighted by molar-refractivity contribution is -0.118. The Bertz CT molecular complexity index is 1240. The number of furan rings is 2. The van der Waals surface area contributed by atoms with Crippen LogP contribution < -0.4 is 10.6 Å². The van der Waals surface area contributed by atoms with Gasteiger partial charge in [-0.05, 0) is 31.2 Å². The highest BCUT2D eigenvalue weighted by atomic mass is 32.2. The summed E-state index contributed by atoms with van der Waals surface area (Å²) in [5.41, 5.74) is 1.89. The molecule has 1 unspecified atom stereocenters. The number of dihydropyridines is 1. The Morgan fingerprint density at radius 1 is 1.09 bits per heavy atom. The number of nitrogens with zero attached hydrogens (tertiary/aromatic N) is 1. The van der Waals surface area contributed by atoms with Crippen molar-refractivity contribution in [3.8, 4) is 6.07 Å². The van der Waals surface area contributed by atoms with Crippen LogP contribution in [0.2, 0.25) is 0 Å². The van der Waals surface area contributed by atoms with Crippen molar-refractivity contribution in [3.63, 3.8) is 0 Å². The Morgan fingerprint density at radius 3 is 2.52 bits per heavy atom. The zero-order valence-corrected chi connectivity index (χ0v) is 18.6. The minimum Gasteiger partial charge on any atom is -0.468 e. The third-order valence-corrected chi connectivity index (χ3v) is 6.18. The van der Waals surface area contributed by atoms with Crippen molar-refractivity contribution in [3.05, 3.63) is 106 Å². The molecule has 4 rings (SSSR count). The predicted molar refractivity (Wildman–Crippen MR) is 124 cm³/mol. The van der Waals surface area contributed by atoms with Crippen LogP contribution in [-0.2, 0) is 11.3 Å².